The van der Waals surface area contributed by atoms with Gasteiger partial charge in [-0.15, -0.1) is 0 Å². The molecule has 20 heavy (non-hydrogen) atoms. The molecule has 1 aliphatic carbocycles. The molecular weight excluding hydrogens is 262 g/mol. The number of pyridine rings is 1. The van der Waals surface area contributed by atoms with Gasteiger partial charge in [0.1, 0.15) is 11.5 Å². The highest BCUT2D eigenvalue weighted by Gasteiger charge is 2.28. The van der Waals surface area contributed by atoms with Gasteiger partial charge < -0.3 is 14.9 Å². The molecule has 7 heteroatoms. The standard InChI is InChI=1S/C13H11N3O4/c17-12(10-5-11(20-16-10)7-1-2-7)15-8-3-4-9(13(18)19)14-6-8/h3-7H,1-2H2,(H,15,17)(H,18,19). The van der Waals surface area contributed by atoms with Crippen LogP contribution in [0.5, 0.6) is 0 Å². The molecule has 102 valence electrons. The highest BCUT2D eigenvalue weighted by molar-refractivity contribution is 6.02. The largest absolute Gasteiger partial charge is 0.477 e. The van der Waals surface area contributed by atoms with E-state index in [4.69, 9.17) is 9.63 Å². The Morgan fingerprint density at radius 1 is 1.30 bits per heavy atom. The van der Waals surface area contributed by atoms with Crippen molar-refractivity contribution < 1.29 is 19.2 Å². The minimum Gasteiger partial charge on any atom is -0.477 e. The number of hydrogen-bond acceptors (Lipinski definition) is 5. The van der Waals surface area contributed by atoms with E-state index in [0.717, 1.165) is 18.6 Å². The third-order valence-corrected chi connectivity index (χ3v) is 2.98. The van der Waals surface area contributed by atoms with Crippen LogP contribution in [0.2, 0.25) is 0 Å². The minimum atomic E-state index is -1.12. The lowest BCUT2D eigenvalue weighted by Crippen LogP contribution is -2.12. The first-order valence-corrected chi connectivity index (χ1v) is 6.11. The molecule has 2 N–H and O–H groups in total. The quantitative estimate of drug-likeness (QED) is 0.881. The molecule has 1 saturated carbocycles. The molecule has 0 bridgehead atoms. The number of hydrogen-bond donors (Lipinski definition) is 2. The van der Waals surface area contributed by atoms with Crippen molar-refractivity contribution in [2.24, 2.45) is 0 Å². The number of carboxylic acids is 1. The number of anilines is 1. The van der Waals surface area contributed by atoms with Crippen molar-refractivity contribution >= 4 is 17.6 Å². The van der Waals surface area contributed by atoms with Crippen LogP contribution >= 0.6 is 0 Å². The summed E-state index contributed by atoms with van der Waals surface area (Å²) in [7, 11) is 0. The number of carbonyl (C=O) groups is 2. The van der Waals surface area contributed by atoms with E-state index in [2.05, 4.69) is 15.5 Å². The molecular formula is C13H11N3O4. The monoisotopic (exact) mass is 273 g/mol. The van der Waals surface area contributed by atoms with E-state index in [0.29, 0.717) is 11.6 Å². The third kappa shape index (κ3) is 2.51. The smallest absolute Gasteiger partial charge is 0.354 e. The van der Waals surface area contributed by atoms with E-state index >= 15 is 0 Å². The summed E-state index contributed by atoms with van der Waals surface area (Å²) in [6.45, 7) is 0. The van der Waals surface area contributed by atoms with Gasteiger partial charge in [-0.05, 0) is 25.0 Å². The van der Waals surface area contributed by atoms with Crippen LogP contribution in [0.3, 0.4) is 0 Å². The number of nitrogens with one attached hydrogen (secondary N) is 1. The summed E-state index contributed by atoms with van der Waals surface area (Å²) in [6, 6.07) is 4.42. The van der Waals surface area contributed by atoms with Gasteiger partial charge in [0.2, 0.25) is 0 Å². The van der Waals surface area contributed by atoms with Crippen molar-refractivity contribution in [3.8, 4) is 0 Å². The molecule has 0 atom stereocenters. The number of carboxylic acid groups (broad SMARTS) is 1. The molecule has 0 spiro atoms. The van der Waals surface area contributed by atoms with Crippen molar-refractivity contribution in [2.45, 2.75) is 18.8 Å². The fourth-order valence-corrected chi connectivity index (χ4v) is 1.75. The van der Waals surface area contributed by atoms with Crippen LogP contribution in [0.25, 0.3) is 0 Å². The second-order valence-electron chi connectivity index (χ2n) is 4.58. The van der Waals surface area contributed by atoms with Crippen molar-refractivity contribution in [1.82, 2.24) is 10.1 Å². The second-order valence-corrected chi connectivity index (χ2v) is 4.58. The normalized spacial score (nSPS) is 14.0. The van der Waals surface area contributed by atoms with Crippen molar-refractivity contribution in [3.63, 3.8) is 0 Å². The van der Waals surface area contributed by atoms with Crippen LogP contribution in [0, 0.1) is 0 Å². The lowest BCUT2D eigenvalue weighted by atomic mass is 10.2. The van der Waals surface area contributed by atoms with Gasteiger partial charge in [0.15, 0.2) is 5.69 Å². The molecule has 0 aromatic carbocycles. The van der Waals surface area contributed by atoms with Gasteiger partial charge >= 0.3 is 5.97 Å². The number of aromatic carboxylic acids is 1. The first kappa shape index (κ1) is 12.3. The van der Waals surface area contributed by atoms with Gasteiger partial charge in [0, 0.05) is 12.0 Å². The molecule has 0 saturated heterocycles. The Hall–Kier alpha value is -2.70. The topological polar surface area (TPSA) is 105 Å². The first-order valence-electron chi connectivity index (χ1n) is 6.11. The van der Waals surface area contributed by atoms with Gasteiger partial charge in [-0.3, -0.25) is 4.79 Å². The van der Waals surface area contributed by atoms with E-state index in [-0.39, 0.29) is 11.4 Å². The van der Waals surface area contributed by atoms with Crippen LogP contribution in [0.15, 0.2) is 28.9 Å². The van der Waals surface area contributed by atoms with Gasteiger partial charge in [-0.2, -0.15) is 0 Å². The highest BCUT2D eigenvalue weighted by Crippen LogP contribution is 2.40. The van der Waals surface area contributed by atoms with Crippen LogP contribution in [-0.4, -0.2) is 27.1 Å². The summed E-state index contributed by atoms with van der Waals surface area (Å²) in [5, 5.41) is 15.0. The summed E-state index contributed by atoms with van der Waals surface area (Å²) in [6.07, 6.45) is 3.41. The van der Waals surface area contributed by atoms with Crippen LogP contribution in [0.1, 0.15) is 45.5 Å². The summed E-state index contributed by atoms with van der Waals surface area (Å²) in [4.78, 5) is 26.3. The molecule has 1 fully saturated rings. The molecule has 0 radical (unpaired) electrons. The van der Waals surface area contributed by atoms with E-state index in [1.54, 1.807) is 6.07 Å². The number of rotatable bonds is 4. The lowest BCUT2D eigenvalue weighted by molar-refractivity contribution is 0.0690. The Bertz CT molecular complexity index is 659. The van der Waals surface area contributed by atoms with Gasteiger partial charge in [0.25, 0.3) is 5.91 Å². The van der Waals surface area contributed by atoms with Gasteiger partial charge in [-0.1, -0.05) is 5.16 Å². The Labute approximate surface area is 113 Å². The average molecular weight is 273 g/mol. The Morgan fingerprint density at radius 2 is 2.10 bits per heavy atom. The van der Waals surface area contributed by atoms with Crippen LogP contribution < -0.4 is 5.32 Å². The summed E-state index contributed by atoms with van der Waals surface area (Å²) >= 11 is 0. The van der Waals surface area contributed by atoms with Gasteiger partial charge in [0.05, 0.1) is 11.9 Å². The molecule has 2 aromatic rings. The summed E-state index contributed by atoms with van der Waals surface area (Å²) < 4.78 is 5.09. The maximum atomic E-state index is 11.9. The molecule has 2 heterocycles. The molecule has 2 aromatic heterocycles. The predicted molar refractivity (Wildman–Crippen MR) is 67.6 cm³/mol. The number of carbonyl (C=O) groups excluding carboxylic acids is 1. The fourth-order valence-electron chi connectivity index (χ4n) is 1.75. The van der Waals surface area contributed by atoms with Crippen molar-refractivity contribution in [1.29, 1.82) is 0 Å². The van der Waals surface area contributed by atoms with E-state index < -0.39 is 11.9 Å². The molecule has 1 aliphatic rings. The zero-order valence-corrected chi connectivity index (χ0v) is 10.4. The predicted octanol–water partition coefficient (Wildman–Crippen LogP) is 1.90. The van der Waals surface area contributed by atoms with Crippen molar-refractivity contribution in [2.75, 3.05) is 5.32 Å². The molecule has 0 unspecified atom stereocenters. The van der Waals surface area contributed by atoms with E-state index in [1.807, 2.05) is 0 Å². The highest BCUT2D eigenvalue weighted by atomic mass is 16.5. The van der Waals surface area contributed by atoms with Crippen LogP contribution in [-0.2, 0) is 0 Å². The molecule has 0 aliphatic heterocycles. The maximum Gasteiger partial charge on any atom is 0.354 e. The van der Waals surface area contributed by atoms with E-state index in [1.165, 1.54) is 18.3 Å². The van der Waals surface area contributed by atoms with Crippen LogP contribution in [0.4, 0.5) is 5.69 Å². The Balaban J connectivity index is 1.69. The molecule has 3 rings (SSSR count). The summed E-state index contributed by atoms with van der Waals surface area (Å²) in [5.41, 5.74) is 0.519. The SMILES string of the molecule is O=C(O)c1ccc(NC(=O)c2cc(C3CC3)on2)cn1. The minimum absolute atomic E-state index is 0.0829. The Morgan fingerprint density at radius 3 is 2.70 bits per heavy atom. The number of amides is 1. The molecule has 1 amide bonds. The fraction of sp³-hybridized carbons (Fsp3) is 0.231. The maximum absolute atomic E-state index is 11.9. The zero-order chi connectivity index (χ0) is 14.1. The Kier molecular flexibility index (Phi) is 2.94. The zero-order valence-electron chi connectivity index (χ0n) is 10.4. The number of nitrogens with zero attached hydrogens (tertiary/aromatic N) is 2. The average Bonchev–Trinajstić information content (AvgIpc) is 3.17. The molecule has 7 nitrogen and oxygen atoms in total. The third-order valence-electron chi connectivity index (χ3n) is 2.98. The number of aromatic nitrogens is 2. The van der Waals surface area contributed by atoms with Crippen molar-refractivity contribution in [3.05, 3.63) is 41.5 Å². The second kappa shape index (κ2) is 4.76. The van der Waals surface area contributed by atoms with Gasteiger partial charge in [-0.25, -0.2) is 9.78 Å². The summed E-state index contributed by atoms with van der Waals surface area (Å²) in [5.74, 6) is -0.408. The lowest BCUT2D eigenvalue weighted by Gasteiger charge is -2.02. The first-order chi connectivity index (χ1) is 9.63. The van der Waals surface area contributed by atoms with E-state index in [9.17, 15) is 9.59 Å².